The standard InChI is InChI=1S/C19H27N5OS/c1-14(2)18(15-9-5-3-6-10-15)20-17(25)13-26-19-21-22-23-24(19)16-11-7-4-8-12-16/h3,5-6,9-10,14,16,18H,4,7-8,11-13H2,1-2H3,(H,20,25). The lowest BCUT2D eigenvalue weighted by atomic mass is 9.96. The van der Waals surface area contributed by atoms with Gasteiger partial charge >= 0.3 is 0 Å². The van der Waals surface area contributed by atoms with Crippen LogP contribution >= 0.6 is 11.8 Å². The van der Waals surface area contributed by atoms with E-state index in [0.717, 1.165) is 23.6 Å². The zero-order valence-corrected chi connectivity index (χ0v) is 16.3. The summed E-state index contributed by atoms with van der Waals surface area (Å²) in [5.74, 6) is 0.651. The number of aromatic nitrogens is 4. The molecule has 2 aromatic rings. The summed E-state index contributed by atoms with van der Waals surface area (Å²) in [6.45, 7) is 4.24. The Balaban J connectivity index is 1.58. The first kappa shape index (κ1) is 18.9. The van der Waals surface area contributed by atoms with Gasteiger partial charge in [-0.2, -0.15) is 0 Å². The average Bonchev–Trinajstić information content (AvgIpc) is 3.14. The van der Waals surface area contributed by atoms with Crippen LogP contribution in [0.15, 0.2) is 35.5 Å². The van der Waals surface area contributed by atoms with Gasteiger partial charge in [0.25, 0.3) is 0 Å². The molecule has 3 rings (SSSR count). The molecule has 0 saturated heterocycles. The van der Waals surface area contributed by atoms with Crippen molar-refractivity contribution < 1.29 is 4.79 Å². The molecular formula is C19H27N5OS. The van der Waals surface area contributed by atoms with Crippen molar-refractivity contribution in [2.24, 2.45) is 5.92 Å². The van der Waals surface area contributed by atoms with Crippen molar-refractivity contribution in [1.82, 2.24) is 25.5 Å². The van der Waals surface area contributed by atoms with Gasteiger partial charge in [-0.15, -0.1) is 5.10 Å². The number of carbonyl (C=O) groups excluding carboxylic acids is 1. The van der Waals surface area contributed by atoms with Crippen molar-refractivity contribution in [3.63, 3.8) is 0 Å². The molecule has 0 radical (unpaired) electrons. The third kappa shape index (κ3) is 4.84. The average molecular weight is 374 g/mol. The summed E-state index contributed by atoms with van der Waals surface area (Å²) in [5, 5.41) is 16.0. The number of hydrogen-bond acceptors (Lipinski definition) is 5. The van der Waals surface area contributed by atoms with Crippen molar-refractivity contribution in [3.8, 4) is 0 Å². The fourth-order valence-electron chi connectivity index (χ4n) is 3.48. The smallest absolute Gasteiger partial charge is 0.230 e. The van der Waals surface area contributed by atoms with Gasteiger partial charge < -0.3 is 5.32 Å². The van der Waals surface area contributed by atoms with Gasteiger partial charge in [0.2, 0.25) is 11.1 Å². The van der Waals surface area contributed by atoms with E-state index in [-0.39, 0.29) is 11.9 Å². The maximum atomic E-state index is 12.5. The quantitative estimate of drug-likeness (QED) is 0.748. The van der Waals surface area contributed by atoms with E-state index in [4.69, 9.17) is 0 Å². The second-order valence-corrected chi connectivity index (χ2v) is 8.13. The Hall–Kier alpha value is -1.89. The highest BCUT2D eigenvalue weighted by Crippen LogP contribution is 2.30. The molecular weight excluding hydrogens is 346 g/mol. The van der Waals surface area contributed by atoms with Crippen LogP contribution in [0.1, 0.15) is 63.6 Å². The predicted molar refractivity (Wildman–Crippen MR) is 103 cm³/mol. The van der Waals surface area contributed by atoms with Crippen molar-refractivity contribution >= 4 is 17.7 Å². The third-order valence-corrected chi connectivity index (χ3v) is 5.79. The van der Waals surface area contributed by atoms with E-state index < -0.39 is 0 Å². The van der Waals surface area contributed by atoms with Crippen LogP contribution in [0.5, 0.6) is 0 Å². The first-order valence-electron chi connectivity index (χ1n) is 9.40. The van der Waals surface area contributed by atoms with E-state index in [0.29, 0.717) is 17.7 Å². The van der Waals surface area contributed by atoms with Crippen molar-refractivity contribution in [2.75, 3.05) is 5.75 Å². The molecule has 1 aliphatic rings. The van der Waals surface area contributed by atoms with Gasteiger partial charge in [-0.05, 0) is 34.7 Å². The summed E-state index contributed by atoms with van der Waals surface area (Å²) in [4.78, 5) is 12.5. The number of nitrogens with zero attached hydrogens (tertiary/aromatic N) is 4. The molecule has 140 valence electrons. The van der Waals surface area contributed by atoms with E-state index >= 15 is 0 Å². The molecule has 0 spiro atoms. The van der Waals surface area contributed by atoms with Gasteiger partial charge in [0.05, 0.1) is 17.8 Å². The largest absolute Gasteiger partial charge is 0.348 e. The lowest BCUT2D eigenvalue weighted by molar-refractivity contribution is -0.119. The Morgan fingerprint density at radius 2 is 1.96 bits per heavy atom. The van der Waals surface area contributed by atoms with E-state index in [1.54, 1.807) is 0 Å². The highest BCUT2D eigenvalue weighted by Gasteiger charge is 2.22. The van der Waals surface area contributed by atoms with Crippen molar-refractivity contribution in [2.45, 2.75) is 63.2 Å². The zero-order valence-electron chi connectivity index (χ0n) is 15.5. The predicted octanol–water partition coefficient (Wildman–Crippen LogP) is 3.78. The molecule has 1 aromatic carbocycles. The van der Waals surface area contributed by atoms with Crippen LogP contribution in [0.2, 0.25) is 0 Å². The van der Waals surface area contributed by atoms with Gasteiger partial charge in [0, 0.05) is 0 Å². The normalized spacial score (nSPS) is 16.6. The van der Waals surface area contributed by atoms with Crippen molar-refractivity contribution in [1.29, 1.82) is 0 Å². The lowest BCUT2D eigenvalue weighted by Crippen LogP contribution is -2.33. The number of thioether (sulfide) groups is 1. The van der Waals surface area contributed by atoms with Gasteiger partial charge in [-0.1, -0.05) is 75.2 Å². The highest BCUT2D eigenvalue weighted by atomic mass is 32.2. The minimum Gasteiger partial charge on any atom is -0.348 e. The first-order valence-corrected chi connectivity index (χ1v) is 10.4. The fourth-order valence-corrected chi connectivity index (χ4v) is 4.23. The van der Waals surface area contributed by atoms with E-state index in [1.807, 2.05) is 22.9 Å². The van der Waals surface area contributed by atoms with Gasteiger partial charge in [-0.3, -0.25) is 4.79 Å². The molecule has 1 aromatic heterocycles. The van der Waals surface area contributed by atoms with Crippen LogP contribution in [0.4, 0.5) is 0 Å². The number of carbonyl (C=O) groups is 1. The van der Waals surface area contributed by atoms with Gasteiger partial charge in [0.1, 0.15) is 0 Å². The Morgan fingerprint density at radius 1 is 1.23 bits per heavy atom. The molecule has 0 bridgehead atoms. The van der Waals surface area contributed by atoms with E-state index in [1.165, 1.54) is 31.0 Å². The van der Waals surface area contributed by atoms with E-state index in [2.05, 4.69) is 46.8 Å². The molecule has 1 fully saturated rings. The zero-order chi connectivity index (χ0) is 18.4. The Bertz CT molecular complexity index is 697. The maximum absolute atomic E-state index is 12.5. The van der Waals surface area contributed by atoms with Gasteiger partial charge in [-0.25, -0.2) is 4.68 Å². The number of hydrogen-bond donors (Lipinski definition) is 1. The van der Waals surface area contributed by atoms with Crippen LogP contribution in [0.3, 0.4) is 0 Å². The third-order valence-electron chi connectivity index (χ3n) is 4.86. The van der Waals surface area contributed by atoms with Crippen LogP contribution in [-0.2, 0) is 4.79 Å². The van der Waals surface area contributed by atoms with Gasteiger partial charge in [0.15, 0.2) is 0 Å². The number of rotatable bonds is 7. The monoisotopic (exact) mass is 373 g/mol. The Kier molecular flexibility index (Phi) is 6.66. The summed E-state index contributed by atoms with van der Waals surface area (Å²) >= 11 is 1.42. The van der Waals surface area contributed by atoms with E-state index in [9.17, 15) is 4.79 Å². The summed E-state index contributed by atoms with van der Waals surface area (Å²) in [5.41, 5.74) is 1.13. The topological polar surface area (TPSA) is 72.7 Å². The Morgan fingerprint density at radius 3 is 2.65 bits per heavy atom. The highest BCUT2D eigenvalue weighted by molar-refractivity contribution is 7.99. The summed E-state index contributed by atoms with van der Waals surface area (Å²) in [6.07, 6.45) is 5.98. The molecule has 0 aliphatic heterocycles. The number of tetrazole rings is 1. The summed E-state index contributed by atoms with van der Waals surface area (Å²) in [7, 11) is 0. The number of benzene rings is 1. The molecule has 26 heavy (non-hydrogen) atoms. The molecule has 1 unspecified atom stereocenters. The lowest BCUT2D eigenvalue weighted by Gasteiger charge is -2.23. The first-order chi connectivity index (χ1) is 12.6. The molecule has 7 heteroatoms. The molecule has 1 heterocycles. The molecule has 1 N–H and O–H groups in total. The van der Waals surface area contributed by atoms with Crippen molar-refractivity contribution in [3.05, 3.63) is 35.9 Å². The fraction of sp³-hybridized carbons (Fsp3) is 0.579. The molecule has 6 nitrogen and oxygen atoms in total. The molecule has 1 saturated carbocycles. The molecule has 1 amide bonds. The summed E-state index contributed by atoms with van der Waals surface area (Å²) < 4.78 is 1.91. The second-order valence-electron chi connectivity index (χ2n) is 7.19. The van der Waals surface area contributed by atoms with Crippen LogP contribution in [-0.4, -0.2) is 31.9 Å². The minimum atomic E-state index is 0.00995. The molecule has 1 aliphatic carbocycles. The second kappa shape index (κ2) is 9.16. The number of amides is 1. The number of nitrogens with one attached hydrogen (secondary N) is 1. The SMILES string of the molecule is CC(C)C(NC(=O)CSc1nnnn1C1CCCCC1)c1ccccc1. The Labute approximate surface area is 159 Å². The maximum Gasteiger partial charge on any atom is 0.230 e. The van der Waals surface area contributed by atoms with Crippen LogP contribution in [0, 0.1) is 5.92 Å². The molecule has 1 atom stereocenters. The van der Waals surface area contributed by atoms with Crippen LogP contribution in [0.25, 0.3) is 0 Å². The summed E-state index contributed by atoms with van der Waals surface area (Å²) in [6, 6.07) is 10.5. The minimum absolute atomic E-state index is 0.00995. The van der Waals surface area contributed by atoms with Crippen LogP contribution < -0.4 is 5.32 Å².